The van der Waals surface area contributed by atoms with E-state index in [1.807, 2.05) is 6.92 Å². The molecule has 0 saturated heterocycles. The van der Waals surface area contributed by atoms with Gasteiger partial charge in [-0.25, -0.2) is 0 Å². The van der Waals surface area contributed by atoms with Crippen LogP contribution in [0.25, 0.3) is 0 Å². The molecule has 1 aromatic carbocycles. The number of carbonyl (C=O) groups excluding carboxylic acids is 1. The van der Waals surface area contributed by atoms with E-state index < -0.39 is 6.10 Å². The number of carbonyl (C=O) groups is 1. The van der Waals surface area contributed by atoms with Crippen LogP contribution in [0.5, 0.6) is 11.5 Å². The summed E-state index contributed by atoms with van der Waals surface area (Å²) < 4.78 is 11.2. The monoisotopic (exact) mass is 263 g/mol. The highest BCUT2D eigenvalue weighted by Crippen LogP contribution is 2.26. The fourth-order valence-electron chi connectivity index (χ4n) is 1.50. The molecule has 0 aliphatic carbocycles. The quantitative estimate of drug-likeness (QED) is 0.768. The van der Waals surface area contributed by atoms with Crippen molar-refractivity contribution in [3.8, 4) is 11.5 Å². The lowest BCUT2D eigenvalue weighted by Gasteiger charge is -2.15. The lowest BCUT2D eigenvalue weighted by atomic mass is 10.1. The second-order valence-electron chi connectivity index (χ2n) is 4.50. The van der Waals surface area contributed by atoms with Gasteiger partial charge in [-0.3, -0.25) is 4.79 Å². The molecule has 1 N–H and O–H groups in total. The Bertz CT molecular complexity index is 468. The molecule has 0 saturated carbocycles. The van der Waals surface area contributed by atoms with Gasteiger partial charge in [-0.1, -0.05) is 6.92 Å². The fourth-order valence-corrected chi connectivity index (χ4v) is 1.50. The van der Waals surface area contributed by atoms with Crippen LogP contribution in [0.1, 0.15) is 39.7 Å². The topological polar surface area (TPSA) is 59.4 Å². The Morgan fingerprint density at radius 1 is 1.37 bits per heavy atom. The van der Waals surface area contributed by atoms with Gasteiger partial charge >= 0.3 is 0 Å². The molecule has 0 heterocycles. The van der Waals surface area contributed by atoms with E-state index in [1.165, 1.54) is 6.92 Å². The minimum atomic E-state index is -0.481. The Balaban J connectivity index is 2.96. The molecule has 1 rings (SSSR count). The number of hydrogen-bond acceptors (Lipinski definition) is 4. The van der Waals surface area contributed by atoms with E-state index in [0.717, 1.165) is 12.0 Å². The minimum Gasteiger partial charge on any atom is -0.493 e. The van der Waals surface area contributed by atoms with E-state index in [0.29, 0.717) is 23.8 Å². The molecule has 0 aliphatic rings. The van der Waals surface area contributed by atoms with Crippen LogP contribution in [-0.4, -0.2) is 24.2 Å². The van der Waals surface area contributed by atoms with Crippen molar-refractivity contribution in [1.29, 1.82) is 5.41 Å². The van der Waals surface area contributed by atoms with Crippen molar-refractivity contribution in [2.45, 2.75) is 40.2 Å². The molecule has 0 radical (unpaired) electrons. The highest BCUT2D eigenvalue weighted by molar-refractivity contribution is 5.99. The van der Waals surface area contributed by atoms with Gasteiger partial charge in [0.25, 0.3) is 0 Å². The van der Waals surface area contributed by atoms with Crippen LogP contribution in [0.3, 0.4) is 0 Å². The summed E-state index contributed by atoms with van der Waals surface area (Å²) in [5.41, 5.74) is 1.19. The average molecular weight is 263 g/mol. The van der Waals surface area contributed by atoms with Crippen LogP contribution >= 0.6 is 0 Å². The van der Waals surface area contributed by atoms with Crippen LogP contribution in [-0.2, 0) is 4.79 Å². The first-order valence-electron chi connectivity index (χ1n) is 6.45. The van der Waals surface area contributed by atoms with Crippen LogP contribution in [0, 0.1) is 5.41 Å². The number of nitrogens with one attached hydrogen (secondary N) is 1. The van der Waals surface area contributed by atoms with Gasteiger partial charge in [0.15, 0.2) is 11.9 Å². The van der Waals surface area contributed by atoms with E-state index in [2.05, 4.69) is 0 Å². The summed E-state index contributed by atoms with van der Waals surface area (Å²) in [5.74, 6) is 1.18. The molecule has 1 unspecified atom stereocenters. The third kappa shape index (κ3) is 4.39. The molecule has 4 heteroatoms. The number of rotatable bonds is 7. The molecular formula is C15H21NO3. The third-order valence-electron chi connectivity index (χ3n) is 2.70. The maximum absolute atomic E-state index is 11.2. The molecule has 0 amide bonds. The maximum atomic E-state index is 11.2. The van der Waals surface area contributed by atoms with Gasteiger partial charge in [-0.15, -0.1) is 0 Å². The average Bonchev–Trinajstić information content (AvgIpc) is 2.35. The van der Waals surface area contributed by atoms with Gasteiger partial charge in [0.05, 0.1) is 6.61 Å². The molecule has 1 aromatic rings. The number of ketones is 1. The number of benzene rings is 1. The van der Waals surface area contributed by atoms with E-state index >= 15 is 0 Å². The van der Waals surface area contributed by atoms with Crippen molar-refractivity contribution in [1.82, 2.24) is 0 Å². The molecule has 0 spiro atoms. The Morgan fingerprint density at radius 2 is 2.05 bits per heavy atom. The Morgan fingerprint density at radius 3 is 2.58 bits per heavy atom. The predicted octanol–water partition coefficient (Wildman–Crippen LogP) is 3.22. The molecule has 0 aliphatic heterocycles. The third-order valence-corrected chi connectivity index (χ3v) is 2.70. The second kappa shape index (κ2) is 6.92. The Hall–Kier alpha value is -1.84. The van der Waals surface area contributed by atoms with E-state index in [4.69, 9.17) is 14.9 Å². The largest absolute Gasteiger partial charge is 0.493 e. The molecule has 0 bridgehead atoms. The summed E-state index contributed by atoms with van der Waals surface area (Å²) in [7, 11) is 0. The Labute approximate surface area is 114 Å². The van der Waals surface area contributed by atoms with Crippen molar-refractivity contribution < 1.29 is 14.3 Å². The van der Waals surface area contributed by atoms with Gasteiger partial charge in [-0.05, 0) is 39.3 Å². The smallest absolute Gasteiger partial charge is 0.169 e. The summed E-state index contributed by atoms with van der Waals surface area (Å²) >= 11 is 0. The lowest BCUT2D eigenvalue weighted by molar-refractivity contribution is -0.122. The van der Waals surface area contributed by atoms with Gasteiger partial charge in [0.1, 0.15) is 11.5 Å². The number of ether oxygens (including phenoxy) is 2. The minimum absolute atomic E-state index is 0.0247. The molecule has 0 fully saturated rings. The second-order valence-corrected chi connectivity index (χ2v) is 4.50. The summed E-state index contributed by atoms with van der Waals surface area (Å²) in [5, 5.41) is 7.72. The van der Waals surface area contributed by atoms with Gasteiger partial charge < -0.3 is 14.9 Å². The fraction of sp³-hybridized carbons (Fsp3) is 0.467. The maximum Gasteiger partial charge on any atom is 0.169 e. The van der Waals surface area contributed by atoms with E-state index in [-0.39, 0.29) is 5.78 Å². The first-order valence-corrected chi connectivity index (χ1v) is 6.45. The Kier molecular flexibility index (Phi) is 5.55. The molecule has 0 aromatic heterocycles. The zero-order valence-electron chi connectivity index (χ0n) is 11.9. The lowest BCUT2D eigenvalue weighted by Crippen LogP contribution is -2.20. The van der Waals surface area contributed by atoms with Crippen LogP contribution < -0.4 is 9.47 Å². The zero-order chi connectivity index (χ0) is 14.4. The van der Waals surface area contributed by atoms with Crippen molar-refractivity contribution in [2.24, 2.45) is 0 Å². The zero-order valence-corrected chi connectivity index (χ0v) is 11.9. The van der Waals surface area contributed by atoms with Crippen LogP contribution in [0.4, 0.5) is 0 Å². The summed E-state index contributed by atoms with van der Waals surface area (Å²) in [6.45, 7) is 7.54. The van der Waals surface area contributed by atoms with Gasteiger partial charge in [0, 0.05) is 17.3 Å². The predicted molar refractivity (Wildman–Crippen MR) is 75.5 cm³/mol. The highest BCUT2D eigenvalue weighted by atomic mass is 16.5. The van der Waals surface area contributed by atoms with Crippen LogP contribution in [0.2, 0.25) is 0 Å². The van der Waals surface area contributed by atoms with E-state index in [1.54, 1.807) is 32.0 Å². The first-order chi connectivity index (χ1) is 8.95. The molecule has 4 nitrogen and oxygen atoms in total. The van der Waals surface area contributed by atoms with Gasteiger partial charge in [0.2, 0.25) is 0 Å². The number of Topliss-reactive ketones (excluding diaryl/α,β-unsaturated/α-hetero) is 1. The van der Waals surface area contributed by atoms with Crippen molar-refractivity contribution >= 4 is 11.5 Å². The molecule has 104 valence electrons. The standard InChI is InChI=1S/C15H21NO3/c1-5-8-18-15-9-13(19-12(4)11(3)17)6-7-14(15)10(2)16/h6-7,9,12,16H,5,8H2,1-4H3. The van der Waals surface area contributed by atoms with Crippen molar-refractivity contribution in [3.63, 3.8) is 0 Å². The highest BCUT2D eigenvalue weighted by Gasteiger charge is 2.12. The summed E-state index contributed by atoms with van der Waals surface area (Å²) in [4.78, 5) is 11.2. The summed E-state index contributed by atoms with van der Waals surface area (Å²) in [6, 6.07) is 5.28. The van der Waals surface area contributed by atoms with Crippen molar-refractivity contribution in [2.75, 3.05) is 6.61 Å². The normalized spacial score (nSPS) is 11.8. The summed E-state index contributed by atoms with van der Waals surface area (Å²) in [6.07, 6.45) is 0.414. The number of hydrogen-bond donors (Lipinski definition) is 1. The molecule has 1 atom stereocenters. The van der Waals surface area contributed by atoms with Gasteiger partial charge in [-0.2, -0.15) is 0 Å². The van der Waals surface area contributed by atoms with E-state index in [9.17, 15) is 4.79 Å². The van der Waals surface area contributed by atoms with Crippen molar-refractivity contribution in [3.05, 3.63) is 23.8 Å². The SMILES string of the molecule is CCCOc1cc(OC(C)C(C)=O)ccc1C(C)=N. The first kappa shape index (κ1) is 15.2. The molecule has 19 heavy (non-hydrogen) atoms. The van der Waals surface area contributed by atoms with Crippen LogP contribution in [0.15, 0.2) is 18.2 Å². The molecular weight excluding hydrogens is 242 g/mol.